The van der Waals surface area contributed by atoms with Crippen molar-refractivity contribution < 1.29 is 4.79 Å². The van der Waals surface area contributed by atoms with E-state index in [9.17, 15) is 4.79 Å². The normalized spacial score (nSPS) is 10.9. The van der Waals surface area contributed by atoms with Gasteiger partial charge < -0.3 is 9.47 Å². The van der Waals surface area contributed by atoms with E-state index in [-0.39, 0.29) is 12.5 Å². The van der Waals surface area contributed by atoms with Crippen LogP contribution in [0.3, 0.4) is 0 Å². The molecule has 4 nitrogen and oxygen atoms in total. The van der Waals surface area contributed by atoms with E-state index in [1.165, 1.54) is 0 Å². The summed E-state index contributed by atoms with van der Waals surface area (Å²) < 4.78 is 1.90. The molecule has 6 heteroatoms. The summed E-state index contributed by atoms with van der Waals surface area (Å²) in [5, 5.41) is 0.633. The molecule has 2 rings (SSSR count). The van der Waals surface area contributed by atoms with Crippen LogP contribution in [0.15, 0.2) is 18.2 Å². The molecule has 0 spiro atoms. The molecule has 2 aromatic rings. The summed E-state index contributed by atoms with van der Waals surface area (Å²) in [5.41, 5.74) is 1.69. The fraction of sp³-hybridized carbons (Fsp3) is 0.385. The van der Waals surface area contributed by atoms with Crippen molar-refractivity contribution in [3.63, 3.8) is 0 Å². The van der Waals surface area contributed by atoms with Gasteiger partial charge in [0.05, 0.1) is 11.0 Å². The summed E-state index contributed by atoms with van der Waals surface area (Å²) in [5.74, 6) is 1.29. The van der Waals surface area contributed by atoms with Crippen molar-refractivity contribution in [1.82, 2.24) is 14.5 Å². The number of hydrogen-bond acceptors (Lipinski definition) is 2. The Balaban J connectivity index is 2.48. The lowest BCUT2D eigenvalue weighted by Crippen LogP contribution is -2.27. The van der Waals surface area contributed by atoms with Gasteiger partial charge >= 0.3 is 0 Å². The molecule has 19 heavy (non-hydrogen) atoms. The summed E-state index contributed by atoms with van der Waals surface area (Å²) in [6.07, 6.45) is 0.620. The molecule has 0 radical (unpaired) electrons. The van der Waals surface area contributed by atoms with Crippen molar-refractivity contribution >= 4 is 40.1 Å². The van der Waals surface area contributed by atoms with E-state index in [4.69, 9.17) is 23.2 Å². The van der Waals surface area contributed by atoms with Crippen LogP contribution in [0.25, 0.3) is 11.0 Å². The number of amides is 1. The highest BCUT2D eigenvalue weighted by atomic mass is 35.5. The second-order valence-corrected chi connectivity index (χ2v) is 5.29. The predicted octanol–water partition coefficient (Wildman–Crippen LogP) is 2.56. The number of halogens is 2. The van der Waals surface area contributed by atoms with Crippen molar-refractivity contribution in [3.8, 4) is 0 Å². The zero-order valence-electron chi connectivity index (χ0n) is 10.9. The minimum Gasteiger partial charge on any atom is -0.347 e. The zero-order chi connectivity index (χ0) is 14.0. The molecule has 0 atom stereocenters. The number of likely N-dealkylation sites (N-methyl/N-ethyl adjacent to an activating group) is 1. The number of benzene rings is 1. The van der Waals surface area contributed by atoms with E-state index in [1.807, 2.05) is 10.6 Å². The van der Waals surface area contributed by atoms with Crippen molar-refractivity contribution in [1.29, 1.82) is 0 Å². The van der Waals surface area contributed by atoms with Crippen LogP contribution in [0.4, 0.5) is 0 Å². The minimum atomic E-state index is 0.0186. The Labute approximate surface area is 121 Å². The van der Waals surface area contributed by atoms with Crippen molar-refractivity contribution in [2.75, 3.05) is 20.0 Å². The lowest BCUT2D eigenvalue weighted by Gasteiger charge is -2.13. The molecule has 0 saturated carbocycles. The molecule has 102 valence electrons. The Morgan fingerprint density at radius 2 is 2.16 bits per heavy atom. The summed E-state index contributed by atoms with van der Waals surface area (Å²) in [4.78, 5) is 18.0. The highest BCUT2D eigenvalue weighted by molar-refractivity contribution is 6.31. The topological polar surface area (TPSA) is 38.1 Å². The molecule has 0 bridgehead atoms. The average molecular weight is 300 g/mol. The summed E-state index contributed by atoms with van der Waals surface area (Å²) in [6, 6.07) is 5.48. The highest BCUT2D eigenvalue weighted by Crippen LogP contribution is 2.21. The molecule has 1 aromatic heterocycles. The molecule has 1 aromatic carbocycles. The largest absolute Gasteiger partial charge is 0.347 e. The summed E-state index contributed by atoms with van der Waals surface area (Å²) in [7, 11) is 3.47. The smallest absolute Gasteiger partial charge is 0.242 e. The Hall–Kier alpha value is -1.26. The Bertz CT molecular complexity index is 607. The molecule has 0 aliphatic rings. The quantitative estimate of drug-likeness (QED) is 0.814. The zero-order valence-corrected chi connectivity index (χ0v) is 12.4. The predicted molar refractivity (Wildman–Crippen MR) is 77.9 cm³/mol. The number of aryl methyl sites for hydroxylation is 1. The van der Waals surface area contributed by atoms with Gasteiger partial charge in [-0.15, -0.1) is 11.6 Å². The number of imidazole rings is 1. The number of nitrogens with zero attached hydrogens (tertiary/aromatic N) is 3. The van der Waals surface area contributed by atoms with Gasteiger partial charge in [-0.25, -0.2) is 4.98 Å². The van der Waals surface area contributed by atoms with Gasteiger partial charge in [0, 0.05) is 31.4 Å². The summed E-state index contributed by atoms with van der Waals surface area (Å²) >= 11 is 11.8. The third-order valence-electron chi connectivity index (χ3n) is 2.90. The number of carbonyl (C=O) groups excluding carboxylic acids is 1. The van der Waals surface area contributed by atoms with E-state index >= 15 is 0 Å². The first-order valence-corrected chi connectivity index (χ1v) is 6.85. The van der Waals surface area contributed by atoms with Crippen LogP contribution in [-0.2, 0) is 17.8 Å². The van der Waals surface area contributed by atoms with Crippen LogP contribution < -0.4 is 0 Å². The molecule has 0 saturated heterocycles. The molecule has 0 N–H and O–H groups in total. The minimum absolute atomic E-state index is 0.0186. The molecular weight excluding hydrogens is 285 g/mol. The number of aromatic nitrogens is 2. The van der Waals surface area contributed by atoms with Crippen molar-refractivity contribution in [3.05, 3.63) is 29.0 Å². The van der Waals surface area contributed by atoms with Crippen LogP contribution in [-0.4, -0.2) is 40.3 Å². The van der Waals surface area contributed by atoms with E-state index in [0.29, 0.717) is 17.3 Å². The van der Waals surface area contributed by atoms with Crippen LogP contribution >= 0.6 is 23.2 Å². The molecule has 0 aliphatic heterocycles. The number of carbonyl (C=O) groups is 1. The maximum absolute atomic E-state index is 11.9. The number of fused-ring (bicyclic) bond motifs is 1. The molecule has 1 amide bonds. The maximum Gasteiger partial charge on any atom is 0.242 e. The van der Waals surface area contributed by atoms with Gasteiger partial charge in [0.25, 0.3) is 0 Å². The standard InChI is InChI=1S/C13H15Cl2N3O/c1-17(2)13(19)8-18-11-4-3-9(15)7-10(11)16-12(18)5-6-14/h3-4,7H,5-6,8H2,1-2H3. The number of hydrogen-bond donors (Lipinski definition) is 0. The first-order chi connectivity index (χ1) is 9.02. The van der Waals surface area contributed by atoms with Gasteiger partial charge in [-0.2, -0.15) is 0 Å². The maximum atomic E-state index is 11.9. The highest BCUT2D eigenvalue weighted by Gasteiger charge is 2.14. The average Bonchev–Trinajstić information content (AvgIpc) is 2.67. The number of rotatable bonds is 4. The molecule has 0 fully saturated rings. The van der Waals surface area contributed by atoms with E-state index in [0.717, 1.165) is 16.9 Å². The van der Waals surface area contributed by atoms with Gasteiger partial charge in [-0.3, -0.25) is 4.79 Å². The summed E-state index contributed by atoms with van der Waals surface area (Å²) in [6.45, 7) is 0.261. The SMILES string of the molecule is CN(C)C(=O)Cn1c(CCCl)nc2cc(Cl)ccc21. The second-order valence-electron chi connectivity index (χ2n) is 4.47. The fourth-order valence-electron chi connectivity index (χ4n) is 1.88. The van der Waals surface area contributed by atoms with Gasteiger partial charge in [0.1, 0.15) is 12.4 Å². The van der Waals surface area contributed by atoms with E-state index in [1.54, 1.807) is 31.1 Å². The van der Waals surface area contributed by atoms with Crippen LogP contribution in [0, 0.1) is 0 Å². The number of alkyl halides is 1. The molecule has 0 aliphatic carbocycles. The third kappa shape index (κ3) is 3.01. The van der Waals surface area contributed by atoms with E-state index < -0.39 is 0 Å². The van der Waals surface area contributed by atoms with Gasteiger partial charge in [0.2, 0.25) is 5.91 Å². The van der Waals surface area contributed by atoms with E-state index in [2.05, 4.69) is 4.98 Å². The monoisotopic (exact) mass is 299 g/mol. The fourth-order valence-corrected chi connectivity index (χ4v) is 2.22. The second kappa shape index (κ2) is 5.80. The Morgan fingerprint density at radius 1 is 1.42 bits per heavy atom. The lowest BCUT2D eigenvalue weighted by molar-refractivity contribution is -0.129. The first kappa shape index (κ1) is 14.2. The van der Waals surface area contributed by atoms with Gasteiger partial charge in [-0.05, 0) is 18.2 Å². The van der Waals surface area contributed by atoms with Crippen LogP contribution in [0.1, 0.15) is 5.82 Å². The third-order valence-corrected chi connectivity index (χ3v) is 3.32. The first-order valence-electron chi connectivity index (χ1n) is 5.93. The van der Waals surface area contributed by atoms with Crippen LogP contribution in [0.2, 0.25) is 5.02 Å². The Morgan fingerprint density at radius 3 is 2.79 bits per heavy atom. The molecule has 1 heterocycles. The molecular formula is C13H15Cl2N3O. The van der Waals surface area contributed by atoms with Gasteiger partial charge in [-0.1, -0.05) is 11.6 Å². The molecule has 0 unspecified atom stereocenters. The van der Waals surface area contributed by atoms with Crippen molar-refractivity contribution in [2.24, 2.45) is 0 Å². The van der Waals surface area contributed by atoms with Crippen molar-refractivity contribution in [2.45, 2.75) is 13.0 Å². The van der Waals surface area contributed by atoms with Crippen LogP contribution in [0.5, 0.6) is 0 Å². The van der Waals surface area contributed by atoms with Gasteiger partial charge in [0.15, 0.2) is 0 Å². The Kier molecular flexibility index (Phi) is 4.32. The lowest BCUT2D eigenvalue weighted by atomic mass is 10.3.